The second kappa shape index (κ2) is 19.5. The number of carbonyl (C=O) groups excluding carboxylic acids is 2. The Labute approximate surface area is 385 Å². The lowest BCUT2D eigenvalue weighted by Gasteiger charge is -2.33. The Morgan fingerprint density at radius 3 is 1.90 bits per heavy atom. The number of rotatable bonds is 14. The van der Waals surface area contributed by atoms with E-state index in [-0.39, 0.29) is 35.4 Å². The van der Waals surface area contributed by atoms with E-state index in [9.17, 15) is 14.0 Å². The molecular weight excluding hydrogens is 853 g/mol. The van der Waals surface area contributed by atoms with Crippen LogP contribution in [0.3, 0.4) is 0 Å². The average Bonchev–Trinajstić information content (AvgIpc) is 3.98. The first kappa shape index (κ1) is 43.3. The molecule has 0 radical (unpaired) electrons. The Hall–Kier alpha value is -7.56. The van der Waals surface area contributed by atoms with Crippen molar-refractivity contribution in [3.63, 3.8) is 0 Å². The fourth-order valence-corrected chi connectivity index (χ4v) is 9.02. The van der Waals surface area contributed by atoms with Crippen molar-refractivity contribution in [2.24, 2.45) is 0 Å². The monoisotopic (exact) mass is 901 g/mol. The van der Waals surface area contributed by atoms with Crippen LogP contribution in [0.5, 0.6) is 0 Å². The highest BCUT2D eigenvalue weighted by atomic mass is 19.1. The van der Waals surface area contributed by atoms with Crippen molar-refractivity contribution in [1.82, 2.24) is 44.7 Å². The molecule has 2 fully saturated rings. The van der Waals surface area contributed by atoms with Gasteiger partial charge in [0.05, 0.1) is 13.2 Å². The van der Waals surface area contributed by atoms with Crippen LogP contribution in [0.1, 0.15) is 64.3 Å². The van der Waals surface area contributed by atoms with E-state index in [1.165, 1.54) is 18.2 Å². The van der Waals surface area contributed by atoms with Crippen LogP contribution in [0.15, 0.2) is 128 Å². The van der Waals surface area contributed by atoms with Gasteiger partial charge in [0.15, 0.2) is 11.3 Å². The van der Waals surface area contributed by atoms with E-state index >= 15 is 4.39 Å². The maximum Gasteiger partial charge on any atom is 0.251 e. The summed E-state index contributed by atoms with van der Waals surface area (Å²) in [5.74, 6) is -0.495. The number of nitrogens with one attached hydrogen (secondary N) is 4. The maximum atomic E-state index is 15.9. The van der Waals surface area contributed by atoms with E-state index < -0.39 is 0 Å². The highest BCUT2D eigenvalue weighted by Gasteiger charge is 2.31. The van der Waals surface area contributed by atoms with E-state index in [2.05, 4.69) is 41.3 Å². The molecule has 0 bridgehead atoms. The molecule has 0 spiro atoms. The van der Waals surface area contributed by atoms with Gasteiger partial charge in [-0.25, -0.2) is 17.8 Å². The van der Waals surface area contributed by atoms with Gasteiger partial charge in [-0.2, -0.15) is 9.97 Å². The second-order valence-electron chi connectivity index (χ2n) is 16.9. The molecule has 2 atom stereocenters. The molecule has 2 amide bonds. The zero-order chi connectivity index (χ0) is 45.7. The van der Waals surface area contributed by atoms with Crippen molar-refractivity contribution in [2.75, 3.05) is 50.0 Å². The number of carbonyl (C=O) groups is 2. The van der Waals surface area contributed by atoms with E-state index in [1.807, 2.05) is 48.7 Å². The molecule has 4 aromatic heterocycles. The fourth-order valence-electron chi connectivity index (χ4n) is 9.02. The van der Waals surface area contributed by atoms with Crippen LogP contribution in [0.25, 0.3) is 33.5 Å². The minimum atomic E-state index is -0.323. The predicted octanol–water partition coefficient (Wildman–Crippen LogP) is 8.78. The van der Waals surface area contributed by atoms with Crippen molar-refractivity contribution in [3.8, 4) is 22.3 Å². The van der Waals surface area contributed by atoms with Gasteiger partial charge < -0.3 is 26.0 Å². The van der Waals surface area contributed by atoms with Crippen molar-refractivity contribution in [1.29, 1.82) is 0 Å². The van der Waals surface area contributed by atoms with E-state index in [0.717, 1.165) is 92.9 Å². The summed E-state index contributed by atoms with van der Waals surface area (Å²) in [6.07, 6.45) is 7.75. The van der Waals surface area contributed by atoms with E-state index in [0.29, 0.717) is 52.1 Å². The molecule has 10 rings (SSSR count). The summed E-state index contributed by atoms with van der Waals surface area (Å²) in [6.45, 7) is 4.90. The average molecular weight is 902 g/mol. The molecule has 1 saturated carbocycles. The summed E-state index contributed by atoms with van der Waals surface area (Å²) in [6, 6.07) is 32.9. The molecule has 4 N–H and O–H groups in total. The third-order valence-electron chi connectivity index (χ3n) is 12.5. The molecule has 5 heterocycles. The Kier molecular flexibility index (Phi) is 12.6. The first-order valence-electron chi connectivity index (χ1n) is 22.7. The molecule has 8 aromatic rings. The molecular formula is C51H49F2N11O3. The van der Waals surface area contributed by atoms with Crippen molar-refractivity contribution < 1.29 is 23.1 Å². The number of anilines is 4. The zero-order valence-corrected chi connectivity index (χ0v) is 36.7. The number of hydrogen-bond donors (Lipinski definition) is 4. The molecule has 16 heteroatoms. The first-order valence-corrected chi connectivity index (χ1v) is 22.7. The third kappa shape index (κ3) is 9.86. The number of nitrogens with zero attached hydrogens (tertiary/aromatic N) is 7. The smallest absolute Gasteiger partial charge is 0.251 e. The van der Waals surface area contributed by atoms with Crippen LogP contribution in [-0.2, 0) is 4.74 Å². The van der Waals surface area contributed by atoms with Gasteiger partial charge in [0, 0.05) is 77.6 Å². The van der Waals surface area contributed by atoms with Gasteiger partial charge in [0.2, 0.25) is 11.9 Å². The lowest BCUT2D eigenvalue weighted by atomic mass is 9.79. The Bertz CT molecular complexity index is 3020. The molecule has 2 unspecified atom stereocenters. The number of morpholine rings is 1. The summed E-state index contributed by atoms with van der Waals surface area (Å²) in [5.41, 5.74) is 7.40. The van der Waals surface area contributed by atoms with E-state index in [1.54, 1.807) is 69.8 Å². The highest BCUT2D eigenvalue weighted by molar-refractivity contribution is 5.95. The van der Waals surface area contributed by atoms with Gasteiger partial charge in [0.25, 0.3) is 11.8 Å². The summed E-state index contributed by atoms with van der Waals surface area (Å²) >= 11 is 0. The van der Waals surface area contributed by atoms with Crippen LogP contribution in [0, 0.1) is 11.6 Å². The molecule has 1 aliphatic carbocycles. The van der Waals surface area contributed by atoms with Crippen LogP contribution in [-0.4, -0.2) is 91.3 Å². The summed E-state index contributed by atoms with van der Waals surface area (Å²) in [5, 5.41) is 21.9. The normalized spacial score (nSPS) is 16.5. The predicted molar refractivity (Wildman–Crippen MR) is 253 cm³/mol. The van der Waals surface area contributed by atoms with Crippen LogP contribution < -0.4 is 21.3 Å². The Morgan fingerprint density at radius 2 is 1.25 bits per heavy atom. The Morgan fingerprint density at radius 1 is 0.672 bits per heavy atom. The van der Waals surface area contributed by atoms with Crippen LogP contribution >= 0.6 is 0 Å². The van der Waals surface area contributed by atoms with Crippen molar-refractivity contribution >= 4 is 46.4 Å². The maximum absolute atomic E-state index is 15.9. The van der Waals surface area contributed by atoms with Crippen LogP contribution in [0.4, 0.5) is 32.1 Å². The lowest BCUT2D eigenvalue weighted by Crippen LogP contribution is -2.41. The summed E-state index contributed by atoms with van der Waals surface area (Å²) in [4.78, 5) is 38.4. The topological polar surface area (TPSA) is 155 Å². The number of amides is 2. The SMILES string of the molecule is O=C(NCCCN1CCOCC1)c1ccc(Nc2nc3c(-c4ccc(F)c(C5CCCCC5NC(=O)c5ccc(Nc6nc7c(-c8ccc(F)cc8)cccn7n6)cc5)c4)cccn3n2)cc1. The lowest BCUT2D eigenvalue weighted by molar-refractivity contribution is 0.0374. The van der Waals surface area contributed by atoms with Crippen molar-refractivity contribution in [2.45, 2.75) is 44.1 Å². The molecule has 67 heavy (non-hydrogen) atoms. The number of hydrogen-bond acceptors (Lipinski definition) is 10. The number of pyridine rings is 2. The van der Waals surface area contributed by atoms with Crippen molar-refractivity contribution in [3.05, 3.63) is 156 Å². The van der Waals surface area contributed by atoms with Gasteiger partial charge in [-0.15, -0.1) is 10.2 Å². The molecule has 4 aromatic carbocycles. The summed E-state index contributed by atoms with van der Waals surface area (Å²) in [7, 11) is 0. The highest BCUT2D eigenvalue weighted by Crippen LogP contribution is 2.37. The van der Waals surface area contributed by atoms with Gasteiger partial charge in [-0.1, -0.05) is 31.0 Å². The molecule has 14 nitrogen and oxygen atoms in total. The standard InChI is InChI=1S/C51H49F2N11O3/c52-37-17-10-33(11-18-37)40-7-3-26-63-46(40)58-50(60-63)56-39-21-14-35(15-22-39)49(66)57-45-9-2-1-6-42(45)43-32-36(16-23-44(43)53)41-8-4-27-64-47(41)59-51(61-64)55-38-19-12-34(13-20-38)48(65)54-24-5-25-62-28-30-67-31-29-62/h3-4,7-8,10-23,26-27,32,42,45H,1-2,5-6,9,24-25,28-31H2,(H,54,65)(H,55,61)(H,56,60)(H,57,66). The fraction of sp³-hybridized carbons (Fsp3) is 0.255. The first-order chi connectivity index (χ1) is 32.8. The van der Waals surface area contributed by atoms with Gasteiger partial charge >= 0.3 is 0 Å². The molecule has 2 aliphatic rings. The second-order valence-corrected chi connectivity index (χ2v) is 16.9. The number of benzene rings is 4. The molecule has 1 aliphatic heterocycles. The number of aromatic nitrogens is 6. The molecule has 340 valence electrons. The third-order valence-corrected chi connectivity index (χ3v) is 12.5. The minimum absolute atomic E-state index is 0.121. The number of ether oxygens (including phenoxy) is 1. The van der Waals surface area contributed by atoms with Gasteiger partial charge in [-0.05, 0) is 140 Å². The number of fused-ring (bicyclic) bond motifs is 2. The minimum Gasteiger partial charge on any atom is -0.379 e. The largest absolute Gasteiger partial charge is 0.379 e. The zero-order valence-electron chi connectivity index (χ0n) is 36.7. The van der Waals surface area contributed by atoms with Gasteiger partial charge in [-0.3, -0.25) is 14.5 Å². The quantitative estimate of drug-likeness (QED) is 0.0779. The van der Waals surface area contributed by atoms with Crippen LogP contribution in [0.2, 0.25) is 0 Å². The number of halogens is 2. The van der Waals surface area contributed by atoms with Gasteiger partial charge in [0.1, 0.15) is 11.6 Å². The molecule has 1 saturated heterocycles. The summed E-state index contributed by atoms with van der Waals surface area (Å²) < 4.78 is 38.2. The van der Waals surface area contributed by atoms with E-state index in [4.69, 9.17) is 9.72 Å². The Balaban J connectivity index is 0.787.